The van der Waals surface area contributed by atoms with E-state index in [4.69, 9.17) is 5.73 Å². The Hall–Kier alpha value is -2.70. The van der Waals surface area contributed by atoms with Gasteiger partial charge in [0.15, 0.2) is 0 Å². The van der Waals surface area contributed by atoms with E-state index in [1.807, 2.05) is 41.0 Å². The third-order valence-corrected chi connectivity index (χ3v) is 8.27. The van der Waals surface area contributed by atoms with Crippen LogP contribution >= 0.6 is 0 Å². The zero-order valence-corrected chi connectivity index (χ0v) is 20.7. The summed E-state index contributed by atoms with van der Waals surface area (Å²) >= 11 is 0. The zero-order valence-electron chi connectivity index (χ0n) is 20.7. The number of benzene rings is 2. The van der Waals surface area contributed by atoms with Crippen LogP contribution in [0.2, 0.25) is 0 Å². The minimum Gasteiger partial charge on any atom is -0.340 e. The summed E-state index contributed by atoms with van der Waals surface area (Å²) in [4.78, 5) is 31.6. The molecule has 186 valence electrons. The number of hydrogen-bond acceptors (Lipinski definition) is 4. The fourth-order valence-electron chi connectivity index (χ4n) is 6.23. The summed E-state index contributed by atoms with van der Waals surface area (Å²) < 4.78 is 0. The molecular formula is C29H38N4O2. The number of piperidine rings is 1. The van der Waals surface area contributed by atoms with Gasteiger partial charge >= 0.3 is 0 Å². The molecule has 0 aliphatic carbocycles. The summed E-state index contributed by atoms with van der Waals surface area (Å²) in [6.07, 6.45) is 4.43. The lowest BCUT2D eigenvalue weighted by Crippen LogP contribution is -2.58. The van der Waals surface area contributed by atoms with Crippen LogP contribution < -0.4 is 11.1 Å². The summed E-state index contributed by atoms with van der Waals surface area (Å²) in [5.41, 5.74) is 8.64. The van der Waals surface area contributed by atoms with Crippen LogP contribution in [0.3, 0.4) is 0 Å². The SMILES string of the molecule is C[C@@H](N)C1CCCC(C(=O)N2C[C@@H](c3ccccc3)C[C@H]2C(=O)N2CC[C@H](c3ccccc3)C2)N1. The molecule has 3 fully saturated rings. The lowest BCUT2D eigenvalue weighted by molar-refractivity contribution is -0.144. The van der Waals surface area contributed by atoms with Crippen molar-refractivity contribution in [3.63, 3.8) is 0 Å². The molecule has 3 heterocycles. The maximum absolute atomic E-state index is 13.9. The first-order chi connectivity index (χ1) is 17.0. The molecule has 35 heavy (non-hydrogen) atoms. The van der Waals surface area contributed by atoms with Crippen molar-refractivity contribution in [2.75, 3.05) is 19.6 Å². The maximum Gasteiger partial charge on any atom is 0.245 e. The van der Waals surface area contributed by atoms with Crippen LogP contribution in [0.15, 0.2) is 60.7 Å². The van der Waals surface area contributed by atoms with Crippen LogP contribution in [0, 0.1) is 0 Å². The number of rotatable bonds is 5. The largest absolute Gasteiger partial charge is 0.340 e. The molecule has 3 aliphatic heterocycles. The summed E-state index contributed by atoms with van der Waals surface area (Å²) in [5, 5.41) is 3.50. The van der Waals surface area contributed by atoms with Crippen molar-refractivity contribution in [2.45, 2.75) is 75.0 Å². The molecule has 0 spiro atoms. The fourth-order valence-corrected chi connectivity index (χ4v) is 6.23. The van der Waals surface area contributed by atoms with E-state index < -0.39 is 6.04 Å². The summed E-state index contributed by atoms with van der Waals surface area (Å²) in [5.74, 6) is 0.706. The fraction of sp³-hybridized carbons (Fsp3) is 0.517. The number of carbonyl (C=O) groups excluding carboxylic acids is 2. The van der Waals surface area contributed by atoms with Crippen molar-refractivity contribution in [1.29, 1.82) is 0 Å². The highest BCUT2D eigenvalue weighted by atomic mass is 16.2. The lowest BCUT2D eigenvalue weighted by Gasteiger charge is -2.36. The topological polar surface area (TPSA) is 78.7 Å². The molecular weight excluding hydrogens is 436 g/mol. The van der Waals surface area contributed by atoms with Gasteiger partial charge in [-0.3, -0.25) is 9.59 Å². The van der Waals surface area contributed by atoms with E-state index in [2.05, 4.69) is 41.7 Å². The molecule has 0 bridgehead atoms. The predicted octanol–water partition coefficient (Wildman–Crippen LogP) is 3.25. The highest BCUT2D eigenvalue weighted by Crippen LogP contribution is 2.36. The first-order valence-corrected chi connectivity index (χ1v) is 13.2. The summed E-state index contributed by atoms with van der Waals surface area (Å²) in [6, 6.07) is 20.3. The first-order valence-electron chi connectivity index (χ1n) is 13.2. The average Bonchev–Trinajstić information content (AvgIpc) is 3.57. The molecule has 3 aliphatic rings. The molecule has 5 rings (SSSR count). The molecule has 3 saturated heterocycles. The molecule has 2 unspecified atom stereocenters. The van der Waals surface area contributed by atoms with Gasteiger partial charge in [-0.1, -0.05) is 60.7 Å². The second-order valence-corrected chi connectivity index (χ2v) is 10.6. The van der Waals surface area contributed by atoms with Crippen LogP contribution in [0.1, 0.15) is 62.0 Å². The Kier molecular flexibility index (Phi) is 7.21. The molecule has 2 aromatic carbocycles. The van der Waals surface area contributed by atoms with Gasteiger partial charge in [0.25, 0.3) is 0 Å². The normalized spacial score (nSPS) is 29.8. The molecule has 6 heteroatoms. The molecule has 0 saturated carbocycles. The van der Waals surface area contributed by atoms with E-state index in [0.29, 0.717) is 18.9 Å². The van der Waals surface area contributed by atoms with Crippen molar-refractivity contribution in [1.82, 2.24) is 15.1 Å². The number of nitrogens with two attached hydrogens (primary N) is 1. The van der Waals surface area contributed by atoms with Crippen molar-refractivity contribution >= 4 is 11.8 Å². The molecule has 2 amide bonds. The van der Waals surface area contributed by atoms with Crippen LogP contribution in [-0.4, -0.2) is 65.4 Å². The highest BCUT2D eigenvalue weighted by molar-refractivity contribution is 5.91. The Labute approximate surface area is 208 Å². The van der Waals surface area contributed by atoms with Gasteiger partial charge in [0, 0.05) is 43.6 Å². The van der Waals surface area contributed by atoms with Crippen LogP contribution in [0.25, 0.3) is 0 Å². The minimum atomic E-state index is -0.403. The predicted molar refractivity (Wildman–Crippen MR) is 138 cm³/mol. The third kappa shape index (κ3) is 5.14. The Morgan fingerprint density at radius 3 is 2.20 bits per heavy atom. The minimum absolute atomic E-state index is 0.00167. The van der Waals surface area contributed by atoms with E-state index in [1.54, 1.807) is 0 Å². The quantitative estimate of drug-likeness (QED) is 0.697. The van der Waals surface area contributed by atoms with Gasteiger partial charge in [-0.25, -0.2) is 0 Å². The summed E-state index contributed by atoms with van der Waals surface area (Å²) in [6.45, 7) is 4.07. The van der Waals surface area contributed by atoms with E-state index in [1.165, 1.54) is 11.1 Å². The molecule has 6 nitrogen and oxygen atoms in total. The van der Waals surface area contributed by atoms with Gasteiger partial charge in [0.1, 0.15) is 6.04 Å². The van der Waals surface area contributed by atoms with Gasteiger partial charge in [0.2, 0.25) is 11.8 Å². The van der Waals surface area contributed by atoms with Gasteiger partial charge in [-0.05, 0) is 50.2 Å². The Bertz CT molecular complexity index is 1010. The number of amides is 2. The van der Waals surface area contributed by atoms with E-state index in [-0.39, 0.29) is 35.9 Å². The average molecular weight is 475 g/mol. The number of nitrogens with one attached hydrogen (secondary N) is 1. The molecule has 0 aromatic heterocycles. The number of carbonyl (C=O) groups is 2. The smallest absolute Gasteiger partial charge is 0.245 e. The second kappa shape index (κ2) is 10.5. The van der Waals surface area contributed by atoms with Gasteiger partial charge in [-0.2, -0.15) is 0 Å². The molecule has 6 atom stereocenters. The number of hydrogen-bond donors (Lipinski definition) is 2. The van der Waals surface area contributed by atoms with Crippen LogP contribution in [0.5, 0.6) is 0 Å². The van der Waals surface area contributed by atoms with Crippen LogP contribution in [-0.2, 0) is 9.59 Å². The van der Waals surface area contributed by atoms with Crippen molar-refractivity contribution < 1.29 is 9.59 Å². The Morgan fingerprint density at radius 2 is 1.54 bits per heavy atom. The second-order valence-electron chi connectivity index (χ2n) is 10.6. The standard InChI is InChI=1S/C29H38N4O2/c1-20(30)25-13-8-14-26(31-25)28(34)33-19-24(22-11-6-3-7-12-22)17-27(33)29(35)32-16-15-23(18-32)21-9-4-2-5-10-21/h2-7,9-12,20,23-27,31H,8,13-19,30H2,1H3/t20-,23+,24+,25?,26?,27+/m1/s1. The molecule has 0 radical (unpaired) electrons. The number of nitrogens with zero attached hydrogens (tertiary/aromatic N) is 2. The van der Waals surface area contributed by atoms with E-state index in [0.717, 1.165) is 38.8 Å². The highest BCUT2D eigenvalue weighted by Gasteiger charge is 2.45. The molecule has 3 N–H and O–H groups in total. The zero-order chi connectivity index (χ0) is 24.4. The molecule has 2 aromatic rings. The van der Waals surface area contributed by atoms with Gasteiger partial charge in [-0.15, -0.1) is 0 Å². The van der Waals surface area contributed by atoms with Gasteiger partial charge in [0.05, 0.1) is 6.04 Å². The summed E-state index contributed by atoms with van der Waals surface area (Å²) in [7, 11) is 0. The lowest BCUT2D eigenvalue weighted by atomic mass is 9.94. The van der Waals surface area contributed by atoms with Crippen molar-refractivity contribution in [2.24, 2.45) is 5.73 Å². The van der Waals surface area contributed by atoms with Crippen molar-refractivity contribution in [3.8, 4) is 0 Å². The monoisotopic (exact) mass is 474 g/mol. The third-order valence-electron chi connectivity index (χ3n) is 8.27. The number of likely N-dealkylation sites (tertiary alicyclic amines) is 2. The Morgan fingerprint density at radius 1 is 0.886 bits per heavy atom. The maximum atomic E-state index is 13.9. The Balaban J connectivity index is 1.34. The van der Waals surface area contributed by atoms with E-state index in [9.17, 15) is 9.59 Å². The van der Waals surface area contributed by atoms with E-state index >= 15 is 0 Å². The van der Waals surface area contributed by atoms with Crippen molar-refractivity contribution in [3.05, 3.63) is 71.8 Å². The first kappa shape index (κ1) is 24.0. The van der Waals surface area contributed by atoms with Gasteiger partial charge < -0.3 is 20.9 Å². The van der Waals surface area contributed by atoms with Crippen LogP contribution in [0.4, 0.5) is 0 Å².